The van der Waals surface area contributed by atoms with Gasteiger partial charge < -0.3 is 0 Å². The molecule has 50 heavy (non-hydrogen) atoms. The fourth-order valence-electron chi connectivity index (χ4n) is 7.58. The van der Waals surface area contributed by atoms with Crippen molar-refractivity contribution in [2.24, 2.45) is 0 Å². The first-order chi connectivity index (χ1) is 24.2. The molecule has 2 rings (SSSR count). The number of rotatable bonds is 30. The van der Waals surface area contributed by atoms with E-state index < -0.39 is 52.5 Å². The van der Waals surface area contributed by atoms with E-state index in [0.29, 0.717) is 13.2 Å². The summed E-state index contributed by atoms with van der Waals surface area (Å²) in [6.07, 6.45) is 16.5. The molecule has 2 aromatic rings. The van der Waals surface area contributed by atoms with E-state index in [1.54, 1.807) is 5.79 Å². The second kappa shape index (κ2) is 25.6. The third kappa shape index (κ3) is 13.1. The predicted octanol–water partition coefficient (Wildman–Crippen LogP) is 13.6. The van der Waals surface area contributed by atoms with E-state index in [0.717, 1.165) is 18.1 Å². The van der Waals surface area contributed by atoms with Crippen LogP contribution in [0.15, 0.2) is 12.1 Å². The Morgan fingerprint density at radius 2 is 0.940 bits per heavy atom. The van der Waals surface area contributed by atoms with Crippen LogP contribution in [0, 0.1) is 0 Å². The molecule has 0 radical (unpaired) electrons. The second-order valence-corrected chi connectivity index (χ2v) is 48.8. The Kier molecular flexibility index (Phi) is 24.5. The van der Waals surface area contributed by atoms with Gasteiger partial charge in [0, 0.05) is 0 Å². The Labute approximate surface area is 327 Å². The summed E-state index contributed by atoms with van der Waals surface area (Å²) < 4.78 is 46.1. The fourth-order valence-corrected chi connectivity index (χ4v) is 53.3. The number of hydrogen-bond acceptors (Lipinski definition) is 6. The molecule has 0 aliphatic carbocycles. The molecule has 2 heterocycles. The molecule has 0 fully saturated rings. The number of hydrogen-bond donors (Lipinski definition) is 0. The topological polar surface area (TPSA) is 44.8 Å². The Balaban J connectivity index is 3.13. The van der Waals surface area contributed by atoms with Crippen molar-refractivity contribution in [1.82, 2.24) is 0 Å². The molecule has 0 amide bonds. The molecule has 0 aliphatic rings. The van der Waals surface area contributed by atoms with Crippen molar-refractivity contribution in [2.45, 2.75) is 173 Å². The van der Waals surface area contributed by atoms with Crippen molar-refractivity contribution < 1.29 is 18.1 Å². The predicted molar refractivity (Wildman–Crippen MR) is 236 cm³/mol. The molecule has 290 valence electrons. The first kappa shape index (κ1) is 47.7. The van der Waals surface area contributed by atoms with Crippen LogP contribution in [0.2, 0.25) is 26.6 Å². The van der Waals surface area contributed by atoms with Crippen LogP contribution in [0.1, 0.15) is 146 Å². The maximum atomic E-state index is 15.1. The zero-order valence-electron chi connectivity index (χ0n) is 34.1. The van der Waals surface area contributed by atoms with E-state index in [1.165, 1.54) is 119 Å². The Bertz CT molecular complexity index is 1200. The van der Waals surface area contributed by atoms with Crippen LogP contribution in [0.5, 0.6) is 0 Å². The van der Waals surface area contributed by atoms with E-state index >= 15 is 4.57 Å². The zero-order chi connectivity index (χ0) is 37.0. The minimum atomic E-state index is -3.52. The van der Waals surface area contributed by atoms with E-state index in [2.05, 4.69) is 78.9 Å². The molecule has 0 saturated heterocycles. The van der Waals surface area contributed by atoms with Crippen LogP contribution in [-0.2, 0) is 18.1 Å². The van der Waals surface area contributed by atoms with Crippen molar-refractivity contribution in [1.29, 1.82) is 0 Å². The molecule has 0 saturated carbocycles. The molecule has 10 heteroatoms. The molecule has 0 aromatic carbocycles. The summed E-state index contributed by atoms with van der Waals surface area (Å²) >= 11 is -1.50. The van der Waals surface area contributed by atoms with Crippen molar-refractivity contribution in [3.8, 4) is 9.75 Å². The summed E-state index contributed by atoms with van der Waals surface area (Å²) in [6, 6.07) is 5.10. The van der Waals surface area contributed by atoms with Gasteiger partial charge in [-0.3, -0.25) is 0 Å². The van der Waals surface area contributed by atoms with E-state index in [9.17, 15) is 0 Å². The molecule has 0 N–H and O–H groups in total. The minimum absolute atomic E-state index is 0.381. The molecule has 1 unspecified atom stereocenters. The standard InChI is InChI=1S/C16H22O4P2S2.6C4H9.2Sn/c1-5-18-21(8-4)13-9-11-23-15(13)16-14(10-12-24-16)22(17,19-6-2)20-7-3;6*1-3-4-2;;/h9-10H,5-8H2,1-4H3;6*1,3-4H2,2H3;;. The van der Waals surface area contributed by atoms with Crippen LogP contribution < -0.4 is 16.4 Å². The Morgan fingerprint density at radius 3 is 1.28 bits per heavy atom. The average molecular weight is 985 g/mol. The van der Waals surface area contributed by atoms with Crippen LogP contribution in [-0.4, -0.2) is 62.7 Å². The van der Waals surface area contributed by atoms with E-state index in [-0.39, 0.29) is 0 Å². The second-order valence-electron chi connectivity index (χ2n) is 14.3. The third-order valence-electron chi connectivity index (χ3n) is 10.5. The zero-order valence-corrected chi connectivity index (χ0v) is 43.2. The van der Waals surface area contributed by atoms with Crippen LogP contribution in [0.25, 0.3) is 9.75 Å². The summed E-state index contributed by atoms with van der Waals surface area (Å²) in [4.78, 5) is 2.57. The third-order valence-corrected chi connectivity index (χ3v) is 53.8. The molecule has 2 aromatic heterocycles. The molecular weight excluding hydrogens is 908 g/mol. The van der Waals surface area contributed by atoms with Gasteiger partial charge >= 0.3 is 330 Å². The summed E-state index contributed by atoms with van der Waals surface area (Å²) in [5, 5.41) is 2.29. The van der Waals surface area contributed by atoms with Crippen molar-refractivity contribution in [3.63, 3.8) is 0 Å². The van der Waals surface area contributed by atoms with Crippen LogP contribution in [0.4, 0.5) is 0 Å². The summed E-state index contributed by atoms with van der Waals surface area (Å²) in [5.41, 5.74) is 0. The SMILES string of the molecule is CCC[CH2][Sn]([CH2]CCC)([CH2]CCC)[c]1cc(P(CC)OCC)c(-c2s[c]([Sn]([CH2]CCC)([CH2]CCC)[CH2]CCC)cc2P(=O)(OCC)OCC)s1. The van der Waals surface area contributed by atoms with Gasteiger partial charge in [-0.15, -0.1) is 0 Å². The van der Waals surface area contributed by atoms with Gasteiger partial charge in [0.15, 0.2) is 0 Å². The molecule has 4 nitrogen and oxygen atoms in total. The summed E-state index contributed by atoms with van der Waals surface area (Å²) in [5.74, 6) is 0. The molecule has 0 bridgehead atoms. The normalized spacial score (nSPS) is 13.4. The monoisotopic (exact) mass is 986 g/mol. The van der Waals surface area contributed by atoms with E-state index in [4.69, 9.17) is 13.6 Å². The molecule has 0 aliphatic heterocycles. The van der Waals surface area contributed by atoms with Gasteiger partial charge in [-0.1, -0.05) is 0 Å². The Morgan fingerprint density at radius 1 is 0.560 bits per heavy atom. The first-order valence-corrected chi connectivity index (χ1v) is 40.4. The molecular formula is C40H76O4P2S2Sn2. The van der Waals surface area contributed by atoms with Gasteiger partial charge in [-0.25, -0.2) is 0 Å². The van der Waals surface area contributed by atoms with Gasteiger partial charge in [-0.05, 0) is 0 Å². The molecule has 1 atom stereocenters. The summed E-state index contributed by atoms with van der Waals surface area (Å²) in [6.45, 7) is 24.1. The number of thiophene rings is 2. The quantitative estimate of drug-likeness (QED) is 0.0578. The number of unbranched alkanes of at least 4 members (excludes halogenated alkanes) is 6. The van der Waals surface area contributed by atoms with Gasteiger partial charge in [0.2, 0.25) is 0 Å². The van der Waals surface area contributed by atoms with Crippen molar-refractivity contribution >= 4 is 91.6 Å². The maximum absolute atomic E-state index is 15.1. The van der Waals surface area contributed by atoms with Crippen LogP contribution >= 0.6 is 38.4 Å². The van der Waals surface area contributed by atoms with E-state index in [1.807, 2.05) is 25.2 Å². The van der Waals surface area contributed by atoms with Crippen molar-refractivity contribution in [2.75, 3.05) is 26.0 Å². The first-order valence-electron chi connectivity index (χ1n) is 20.8. The van der Waals surface area contributed by atoms with Gasteiger partial charge in [-0.2, -0.15) is 0 Å². The summed E-state index contributed by atoms with van der Waals surface area (Å²) in [7, 11) is -4.30. The van der Waals surface area contributed by atoms with Gasteiger partial charge in [0.05, 0.1) is 0 Å². The van der Waals surface area contributed by atoms with Crippen LogP contribution in [0.3, 0.4) is 0 Å². The van der Waals surface area contributed by atoms with Gasteiger partial charge in [0.25, 0.3) is 0 Å². The fraction of sp³-hybridized carbons (Fsp3) is 0.800. The average Bonchev–Trinajstić information content (AvgIpc) is 3.77. The van der Waals surface area contributed by atoms with Crippen molar-refractivity contribution in [3.05, 3.63) is 12.1 Å². The Hall–Kier alpha value is 1.54. The molecule has 0 spiro atoms. The van der Waals surface area contributed by atoms with Gasteiger partial charge in [0.1, 0.15) is 0 Å².